The summed E-state index contributed by atoms with van der Waals surface area (Å²) in [5, 5.41) is 3.32. The Morgan fingerprint density at radius 2 is 2.00 bits per heavy atom. The number of ether oxygens (including phenoxy) is 1. The molecule has 0 unspecified atom stereocenters. The Hall–Kier alpha value is -0.860. The molecule has 0 fully saturated rings. The van der Waals surface area contributed by atoms with Gasteiger partial charge in [0.15, 0.2) is 0 Å². The average Bonchev–Trinajstić information content (AvgIpc) is 2.24. The molecule has 0 spiro atoms. The molecule has 0 saturated heterocycles. The van der Waals surface area contributed by atoms with Crippen LogP contribution in [-0.2, 0) is 17.9 Å². The lowest BCUT2D eigenvalue weighted by Gasteiger charge is -2.09. The van der Waals surface area contributed by atoms with E-state index in [-0.39, 0.29) is 0 Å². The molecule has 15 heavy (non-hydrogen) atoms. The summed E-state index contributed by atoms with van der Waals surface area (Å²) in [5.41, 5.74) is 2.57. The fourth-order valence-corrected chi connectivity index (χ4v) is 1.36. The van der Waals surface area contributed by atoms with Crippen molar-refractivity contribution in [3.05, 3.63) is 35.4 Å². The van der Waals surface area contributed by atoms with Crippen molar-refractivity contribution in [2.24, 2.45) is 0 Å². The van der Waals surface area contributed by atoms with Crippen molar-refractivity contribution in [3.63, 3.8) is 0 Å². The van der Waals surface area contributed by atoms with E-state index < -0.39 is 0 Å². The molecule has 0 amide bonds. The quantitative estimate of drug-likeness (QED) is 0.774. The van der Waals surface area contributed by atoms with Crippen molar-refractivity contribution >= 4 is 0 Å². The summed E-state index contributed by atoms with van der Waals surface area (Å²) in [6.07, 6.45) is 0.294. The third-order valence-electron chi connectivity index (χ3n) is 2.15. The fraction of sp³-hybridized carbons (Fsp3) is 0.538. The van der Waals surface area contributed by atoms with Gasteiger partial charge in [-0.25, -0.2) is 0 Å². The zero-order valence-corrected chi connectivity index (χ0v) is 9.92. The Bertz CT molecular complexity index is 284. The Morgan fingerprint density at radius 1 is 1.27 bits per heavy atom. The van der Waals surface area contributed by atoms with E-state index in [1.54, 1.807) is 0 Å². The van der Waals surface area contributed by atoms with E-state index in [1.807, 2.05) is 0 Å². The second-order valence-electron chi connectivity index (χ2n) is 3.96. The number of benzene rings is 1. The van der Waals surface area contributed by atoms with Crippen LogP contribution in [0.4, 0.5) is 0 Å². The molecule has 1 rings (SSSR count). The van der Waals surface area contributed by atoms with Crippen LogP contribution in [0.25, 0.3) is 0 Å². The lowest BCUT2D eigenvalue weighted by atomic mass is 10.1. The van der Waals surface area contributed by atoms with Crippen molar-refractivity contribution in [2.45, 2.75) is 40.0 Å². The zero-order valence-electron chi connectivity index (χ0n) is 9.92. The number of nitrogens with one attached hydrogen (secondary N) is 1. The summed E-state index contributed by atoms with van der Waals surface area (Å²) in [4.78, 5) is 0. The van der Waals surface area contributed by atoms with E-state index in [0.717, 1.165) is 13.1 Å². The van der Waals surface area contributed by atoms with Gasteiger partial charge in [-0.05, 0) is 31.5 Å². The largest absolute Gasteiger partial charge is 0.374 e. The van der Waals surface area contributed by atoms with Gasteiger partial charge in [-0.15, -0.1) is 0 Å². The molecular formula is C13H21NO. The summed E-state index contributed by atoms with van der Waals surface area (Å²) in [6.45, 7) is 8.88. The van der Waals surface area contributed by atoms with Gasteiger partial charge in [0.05, 0.1) is 12.7 Å². The SMILES string of the molecule is CCNCc1cccc(COC(C)C)c1. The van der Waals surface area contributed by atoms with Crippen molar-refractivity contribution in [1.82, 2.24) is 5.32 Å². The van der Waals surface area contributed by atoms with Crippen molar-refractivity contribution in [1.29, 1.82) is 0 Å². The molecule has 0 aliphatic heterocycles. The Balaban J connectivity index is 2.50. The highest BCUT2D eigenvalue weighted by Gasteiger charge is 1.98. The Morgan fingerprint density at radius 3 is 2.67 bits per heavy atom. The number of hydrogen-bond acceptors (Lipinski definition) is 2. The molecular weight excluding hydrogens is 186 g/mol. The van der Waals surface area contributed by atoms with Gasteiger partial charge in [0.1, 0.15) is 0 Å². The second-order valence-corrected chi connectivity index (χ2v) is 3.96. The predicted octanol–water partition coefficient (Wildman–Crippen LogP) is 2.72. The molecule has 0 saturated carbocycles. The molecule has 0 aliphatic carbocycles. The fourth-order valence-electron chi connectivity index (χ4n) is 1.36. The van der Waals surface area contributed by atoms with Crippen LogP contribution in [0.2, 0.25) is 0 Å². The highest BCUT2D eigenvalue weighted by molar-refractivity contribution is 5.22. The van der Waals surface area contributed by atoms with Gasteiger partial charge in [0, 0.05) is 6.54 Å². The lowest BCUT2D eigenvalue weighted by Crippen LogP contribution is -2.12. The molecule has 2 nitrogen and oxygen atoms in total. The minimum Gasteiger partial charge on any atom is -0.374 e. The van der Waals surface area contributed by atoms with E-state index in [2.05, 4.69) is 50.4 Å². The maximum absolute atomic E-state index is 5.57. The number of rotatable bonds is 6. The van der Waals surface area contributed by atoms with E-state index in [9.17, 15) is 0 Å². The zero-order chi connectivity index (χ0) is 11.1. The molecule has 0 aliphatic rings. The van der Waals surface area contributed by atoms with Crippen LogP contribution < -0.4 is 5.32 Å². The van der Waals surface area contributed by atoms with E-state index in [0.29, 0.717) is 12.7 Å². The maximum atomic E-state index is 5.57. The van der Waals surface area contributed by atoms with Crippen molar-refractivity contribution < 1.29 is 4.74 Å². The van der Waals surface area contributed by atoms with Gasteiger partial charge in [0.25, 0.3) is 0 Å². The van der Waals surface area contributed by atoms with Crippen LogP contribution >= 0.6 is 0 Å². The third-order valence-corrected chi connectivity index (χ3v) is 2.15. The second kappa shape index (κ2) is 6.59. The molecule has 2 heteroatoms. The highest BCUT2D eigenvalue weighted by atomic mass is 16.5. The maximum Gasteiger partial charge on any atom is 0.0720 e. The van der Waals surface area contributed by atoms with Crippen LogP contribution in [0.1, 0.15) is 31.9 Å². The molecule has 84 valence electrons. The minimum atomic E-state index is 0.294. The van der Waals surface area contributed by atoms with Crippen LogP contribution in [0.3, 0.4) is 0 Å². The third kappa shape index (κ3) is 4.96. The van der Waals surface area contributed by atoms with Crippen molar-refractivity contribution in [3.8, 4) is 0 Å². The minimum absolute atomic E-state index is 0.294. The summed E-state index contributed by atoms with van der Waals surface area (Å²) < 4.78 is 5.57. The first kappa shape index (κ1) is 12.2. The Kier molecular flexibility index (Phi) is 5.37. The topological polar surface area (TPSA) is 21.3 Å². The van der Waals surface area contributed by atoms with Crippen molar-refractivity contribution in [2.75, 3.05) is 6.54 Å². The average molecular weight is 207 g/mol. The smallest absolute Gasteiger partial charge is 0.0720 e. The first-order chi connectivity index (χ1) is 7.22. The summed E-state index contributed by atoms with van der Waals surface area (Å²) in [7, 11) is 0. The van der Waals surface area contributed by atoms with Crippen LogP contribution in [0, 0.1) is 0 Å². The van der Waals surface area contributed by atoms with Crippen LogP contribution in [0.15, 0.2) is 24.3 Å². The van der Waals surface area contributed by atoms with Gasteiger partial charge in [-0.1, -0.05) is 31.2 Å². The van der Waals surface area contributed by atoms with E-state index >= 15 is 0 Å². The molecule has 0 radical (unpaired) electrons. The van der Waals surface area contributed by atoms with Crippen LogP contribution in [-0.4, -0.2) is 12.6 Å². The lowest BCUT2D eigenvalue weighted by molar-refractivity contribution is 0.0657. The highest BCUT2D eigenvalue weighted by Crippen LogP contribution is 2.07. The van der Waals surface area contributed by atoms with Gasteiger partial charge in [-0.3, -0.25) is 0 Å². The van der Waals surface area contributed by atoms with Gasteiger partial charge < -0.3 is 10.1 Å². The first-order valence-electron chi connectivity index (χ1n) is 5.62. The molecule has 1 aromatic rings. The normalized spacial score (nSPS) is 10.9. The molecule has 1 N–H and O–H groups in total. The molecule has 0 heterocycles. The van der Waals surface area contributed by atoms with E-state index in [4.69, 9.17) is 4.74 Å². The molecule has 0 bridgehead atoms. The number of hydrogen-bond donors (Lipinski definition) is 1. The van der Waals surface area contributed by atoms with Gasteiger partial charge in [0.2, 0.25) is 0 Å². The molecule has 1 aromatic carbocycles. The summed E-state index contributed by atoms with van der Waals surface area (Å²) in [6, 6.07) is 8.54. The predicted molar refractivity (Wildman–Crippen MR) is 63.7 cm³/mol. The molecule has 0 atom stereocenters. The van der Waals surface area contributed by atoms with Crippen LogP contribution in [0.5, 0.6) is 0 Å². The monoisotopic (exact) mass is 207 g/mol. The van der Waals surface area contributed by atoms with Gasteiger partial charge in [-0.2, -0.15) is 0 Å². The summed E-state index contributed by atoms with van der Waals surface area (Å²) in [5.74, 6) is 0. The first-order valence-corrected chi connectivity index (χ1v) is 5.62. The van der Waals surface area contributed by atoms with Gasteiger partial charge >= 0.3 is 0 Å². The Labute approximate surface area is 92.6 Å². The van der Waals surface area contributed by atoms with E-state index in [1.165, 1.54) is 11.1 Å². The summed E-state index contributed by atoms with van der Waals surface area (Å²) >= 11 is 0. The molecule has 0 aromatic heterocycles. The standard InChI is InChI=1S/C13H21NO/c1-4-14-9-12-6-5-7-13(8-12)10-15-11(2)3/h5-8,11,14H,4,9-10H2,1-3H3.